The highest BCUT2D eigenvalue weighted by atomic mass is 15.1. The van der Waals surface area contributed by atoms with Crippen molar-refractivity contribution in [1.82, 2.24) is 44.4 Å². The van der Waals surface area contributed by atoms with Crippen molar-refractivity contribution in [2.75, 3.05) is 0 Å². The summed E-state index contributed by atoms with van der Waals surface area (Å²) in [5.74, 6) is 0.817. The molecule has 14 aromatic rings. The number of nitrogens with zero attached hydrogens (tertiary/aromatic N) is 9. The maximum atomic E-state index is 5.21. The van der Waals surface area contributed by atoms with Gasteiger partial charge in [-0.3, -0.25) is 39.5 Å². The van der Waals surface area contributed by atoms with Crippen LogP contribution in [0.4, 0.5) is 0 Å². The van der Waals surface area contributed by atoms with E-state index in [-0.39, 0.29) is 0 Å². The molecule has 0 unspecified atom stereocenters. The first-order valence-corrected chi connectivity index (χ1v) is 22.8. The van der Waals surface area contributed by atoms with E-state index in [1.54, 1.807) is 6.20 Å². The van der Waals surface area contributed by atoms with E-state index in [0.29, 0.717) is 0 Å². The van der Waals surface area contributed by atoms with Crippen molar-refractivity contribution in [3.8, 4) is 61.7 Å². The highest BCUT2D eigenvalue weighted by molar-refractivity contribution is 6.22. The van der Waals surface area contributed by atoms with E-state index in [9.17, 15) is 0 Å². The third kappa shape index (κ3) is 6.25. The molecule has 0 amide bonds. The number of benzene rings is 5. The molecule has 0 aliphatic rings. The number of rotatable bonds is 6. The molecule has 0 bridgehead atoms. The summed E-state index contributed by atoms with van der Waals surface area (Å²) in [6.07, 6.45) is 16.8. The molecule has 9 heteroatoms. The van der Waals surface area contributed by atoms with E-state index in [1.807, 2.05) is 79.9 Å². The van der Waals surface area contributed by atoms with Crippen molar-refractivity contribution in [2.24, 2.45) is 0 Å². The van der Waals surface area contributed by atoms with Gasteiger partial charge >= 0.3 is 0 Å². The molecule has 5 aromatic carbocycles. The Labute approximate surface area is 394 Å². The fraction of sp³-hybridized carbons (Fsp3) is 0. The molecule has 0 aliphatic heterocycles. The average Bonchev–Trinajstić information content (AvgIpc) is 3.76. The van der Waals surface area contributed by atoms with Crippen molar-refractivity contribution < 1.29 is 0 Å². The number of hydrogen-bond donors (Lipinski definition) is 0. The molecule has 320 valence electrons. The molecule has 0 saturated carbocycles. The zero-order chi connectivity index (χ0) is 45.4. The molecule has 0 aliphatic carbocycles. The fourth-order valence-electron chi connectivity index (χ4n) is 10.2. The first-order valence-electron chi connectivity index (χ1n) is 22.8. The number of hydrogen-bond acceptors (Lipinski definition) is 8. The molecule has 0 spiro atoms. The second kappa shape index (κ2) is 15.5. The molecule has 9 nitrogen and oxygen atoms in total. The summed E-state index contributed by atoms with van der Waals surface area (Å²) < 4.78 is 2.29. The Morgan fingerprint density at radius 3 is 1.49 bits per heavy atom. The molecule has 9 aromatic heterocycles. The molecule has 0 saturated heterocycles. The Morgan fingerprint density at radius 2 is 0.870 bits per heavy atom. The standard InChI is InChI=1S/C60H35N9/c1-2-12-46-43(11-1)49(53-20-16-42(35-67-53)48-30-38-9-5-25-63-57(38)59-45(48)14-7-27-65-59)31-51-50-28-36(17-21-54(50)69(60(46)51)55-22-18-40(33-68-55)39-10-3-23-61-32-39)52-19-15-41(34-66-52)47-29-37-8-4-24-62-56(37)58-44(47)13-6-26-64-58/h1-35H. The van der Waals surface area contributed by atoms with Crippen LogP contribution in [0.3, 0.4) is 0 Å². The summed E-state index contributed by atoms with van der Waals surface area (Å²) in [6.45, 7) is 0. The topological polar surface area (TPSA) is 108 Å². The number of pyridine rings is 8. The molecule has 14 rings (SSSR count). The smallest absolute Gasteiger partial charge is 0.137 e. The maximum Gasteiger partial charge on any atom is 0.137 e. The van der Waals surface area contributed by atoms with Gasteiger partial charge in [0.2, 0.25) is 0 Å². The van der Waals surface area contributed by atoms with Crippen LogP contribution in [-0.2, 0) is 0 Å². The third-order valence-corrected chi connectivity index (χ3v) is 13.4. The Balaban J connectivity index is 0.938. The minimum absolute atomic E-state index is 0.817. The van der Waals surface area contributed by atoms with E-state index in [4.69, 9.17) is 24.9 Å². The van der Waals surface area contributed by atoms with Gasteiger partial charge in [0.05, 0.1) is 44.5 Å². The lowest BCUT2D eigenvalue weighted by molar-refractivity contribution is 1.08. The van der Waals surface area contributed by atoms with E-state index in [0.717, 1.165) is 138 Å². The average molecular weight is 882 g/mol. The molecule has 0 atom stereocenters. The second-order valence-electron chi connectivity index (χ2n) is 17.2. The summed E-state index contributed by atoms with van der Waals surface area (Å²) in [7, 11) is 0. The Kier molecular flexibility index (Phi) is 8.68. The van der Waals surface area contributed by atoms with E-state index < -0.39 is 0 Å². The predicted molar refractivity (Wildman–Crippen MR) is 278 cm³/mol. The summed E-state index contributed by atoms with van der Waals surface area (Å²) in [6, 6.07) is 55.0. The normalized spacial score (nSPS) is 11.8. The summed E-state index contributed by atoms with van der Waals surface area (Å²) in [5, 5.41) is 8.52. The SMILES string of the molecule is c1cncc(-c2ccc(-n3c4ccc(-c5ccc(-c6cc7cccnc7c7ncccc67)cn5)cc4c4cc(-c5ccc(-c6cc7cccnc7c7ncccc67)cn5)c5ccccc5c43)nc2)c1. The first-order chi connectivity index (χ1) is 34.2. The molecule has 0 fully saturated rings. The van der Waals surface area contributed by atoms with Crippen LogP contribution in [0.2, 0.25) is 0 Å². The lowest BCUT2D eigenvalue weighted by Crippen LogP contribution is -1.98. The lowest BCUT2D eigenvalue weighted by atomic mass is 9.95. The van der Waals surface area contributed by atoms with E-state index in [1.165, 1.54) is 0 Å². The summed E-state index contributed by atoms with van der Waals surface area (Å²) >= 11 is 0. The fourth-order valence-corrected chi connectivity index (χ4v) is 10.2. The highest BCUT2D eigenvalue weighted by Gasteiger charge is 2.21. The zero-order valence-electron chi connectivity index (χ0n) is 36.7. The van der Waals surface area contributed by atoms with Gasteiger partial charge in [-0.2, -0.15) is 0 Å². The van der Waals surface area contributed by atoms with Gasteiger partial charge in [0.15, 0.2) is 0 Å². The maximum absolute atomic E-state index is 5.21. The lowest BCUT2D eigenvalue weighted by Gasteiger charge is -2.13. The summed E-state index contributed by atoms with van der Waals surface area (Å²) in [4.78, 5) is 38.6. The van der Waals surface area contributed by atoms with Gasteiger partial charge in [0.1, 0.15) is 5.82 Å². The molecular formula is C60H35N9. The van der Waals surface area contributed by atoms with Crippen LogP contribution in [0.25, 0.3) is 138 Å². The Hall–Kier alpha value is -9.60. The first kappa shape index (κ1) is 38.6. The van der Waals surface area contributed by atoms with Crippen LogP contribution in [0.15, 0.2) is 213 Å². The second-order valence-corrected chi connectivity index (χ2v) is 17.2. The third-order valence-electron chi connectivity index (χ3n) is 13.4. The van der Waals surface area contributed by atoms with Gasteiger partial charge in [-0.25, -0.2) is 4.98 Å². The van der Waals surface area contributed by atoms with Crippen LogP contribution in [0.1, 0.15) is 0 Å². The van der Waals surface area contributed by atoms with Gasteiger partial charge in [0, 0.05) is 127 Å². The molecular weight excluding hydrogens is 847 g/mol. The van der Waals surface area contributed by atoms with Gasteiger partial charge in [-0.05, 0) is 101 Å². The van der Waals surface area contributed by atoms with Gasteiger partial charge in [-0.1, -0.05) is 72.8 Å². The van der Waals surface area contributed by atoms with Gasteiger partial charge in [0.25, 0.3) is 0 Å². The van der Waals surface area contributed by atoms with Gasteiger partial charge in [-0.15, -0.1) is 0 Å². The molecule has 9 heterocycles. The Bertz CT molecular complexity index is 4340. The van der Waals surface area contributed by atoms with Crippen LogP contribution >= 0.6 is 0 Å². The van der Waals surface area contributed by atoms with Crippen molar-refractivity contribution >= 4 is 76.2 Å². The van der Waals surface area contributed by atoms with Crippen LogP contribution < -0.4 is 0 Å². The highest BCUT2D eigenvalue weighted by Crippen LogP contribution is 2.43. The zero-order valence-corrected chi connectivity index (χ0v) is 36.7. The summed E-state index contributed by atoms with van der Waals surface area (Å²) in [5.41, 5.74) is 15.6. The predicted octanol–water partition coefficient (Wildman–Crippen LogP) is 14.0. The van der Waals surface area contributed by atoms with Crippen molar-refractivity contribution in [3.05, 3.63) is 213 Å². The quantitative estimate of drug-likeness (QED) is 0.152. The Morgan fingerprint density at radius 1 is 0.304 bits per heavy atom. The monoisotopic (exact) mass is 881 g/mol. The molecule has 0 radical (unpaired) electrons. The van der Waals surface area contributed by atoms with E-state index in [2.05, 4.69) is 147 Å². The van der Waals surface area contributed by atoms with Crippen molar-refractivity contribution in [2.45, 2.75) is 0 Å². The number of fused-ring (bicyclic) bond motifs is 11. The van der Waals surface area contributed by atoms with Crippen LogP contribution in [-0.4, -0.2) is 44.4 Å². The van der Waals surface area contributed by atoms with Crippen molar-refractivity contribution in [3.63, 3.8) is 0 Å². The van der Waals surface area contributed by atoms with Crippen LogP contribution in [0.5, 0.6) is 0 Å². The minimum atomic E-state index is 0.817. The van der Waals surface area contributed by atoms with E-state index >= 15 is 0 Å². The van der Waals surface area contributed by atoms with Gasteiger partial charge < -0.3 is 0 Å². The molecule has 69 heavy (non-hydrogen) atoms. The van der Waals surface area contributed by atoms with Crippen LogP contribution in [0, 0.1) is 0 Å². The largest absolute Gasteiger partial charge is 0.293 e. The molecule has 0 N–H and O–H groups in total. The minimum Gasteiger partial charge on any atom is -0.293 e. The number of aromatic nitrogens is 9. The van der Waals surface area contributed by atoms with Crippen molar-refractivity contribution in [1.29, 1.82) is 0 Å².